The average Bonchev–Trinajstić information content (AvgIpc) is 2.58. The Morgan fingerprint density at radius 2 is 1.83 bits per heavy atom. The number of hydrogen-bond donors (Lipinski definition) is 5. The van der Waals surface area contributed by atoms with Crippen LogP contribution >= 0.6 is 0 Å². The average molecular weight is 332 g/mol. The van der Waals surface area contributed by atoms with Gasteiger partial charge in [0.05, 0.1) is 13.2 Å². The molecule has 7 heteroatoms. The molecule has 3 saturated carbocycles. The van der Waals surface area contributed by atoms with Crippen LogP contribution in [0.2, 0.25) is 0 Å². The van der Waals surface area contributed by atoms with Crippen LogP contribution in [-0.2, 0) is 9.47 Å². The number of hydrogen-bond acceptors (Lipinski definition) is 7. The fourth-order valence-corrected chi connectivity index (χ4v) is 4.65. The van der Waals surface area contributed by atoms with Gasteiger partial charge in [-0.3, -0.25) is 0 Å². The Balaban J connectivity index is 1.57. The van der Waals surface area contributed by atoms with Crippen LogP contribution in [0.15, 0.2) is 0 Å². The molecule has 1 aliphatic heterocycles. The SMILES string of the molecule is C[C@@]1(CO)[C@H]2CC[C@@H](CO[C@@H]3O[C@H](CO)[C@@H](O)[C@H](O)[C@H]3O)[C@@H]1C2. The normalized spacial score (nSPS) is 53.0. The van der Waals surface area contributed by atoms with Gasteiger partial charge in [0.1, 0.15) is 24.4 Å². The molecule has 4 aliphatic rings. The molecule has 4 rings (SSSR count). The van der Waals surface area contributed by atoms with E-state index in [1.54, 1.807) is 0 Å². The number of aliphatic hydroxyl groups is 5. The molecule has 0 aromatic carbocycles. The molecule has 3 aliphatic carbocycles. The van der Waals surface area contributed by atoms with Crippen molar-refractivity contribution in [1.29, 1.82) is 0 Å². The molecule has 5 N–H and O–H groups in total. The summed E-state index contributed by atoms with van der Waals surface area (Å²) in [7, 11) is 0. The Bertz CT molecular complexity index is 415. The molecule has 1 saturated heterocycles. The molecular weight excluding hydrogens is 304 g/mol. The van der Waals surface area contributed by atoms with Gasteiger partial charge in [0, 0.05) is 6.61 Å². The highest BCUT2D eigenvalue weighted by molar-refractivity contribution is 5.05. The van der Waals surface area contributed by atoms with Crippen LogP contribution in [0.5, 0.6) is 0 Å². The van der Waals surface area contributed by atoms with Gasteiger partial charge in [0.15, 0.2) is 6.29 Å². The van der Waals surface area contributed by atoms with Crippen LogP contribution in [0.25, 0.3) is 0 Å². The quantitative estimate of drug-likeness (QED) is 0.431. The summed E-state index contributed by atoms with van der Waals surface area (Å²) in [6.07, 6.45) is -2.96. The Hall–Kier alpha value is -0.280. The molecule has 4 fully saturated rings. The van der Waals surface area contributed by atoms with Gasteiger partial charge in [-0.1, -0.05) is 6.92 Å². The monoisotopic (exact) mass is 332 g/mol. The maximum Gasteiger partial charge on any atom is 0.186 e. The molecule has 7 nitrogen and oxygen atoms in total. The van der Waals surface area contributed by atoms with Crippen molar-refractivity contribution < 1.29 is 35.0 Å². The first-order chi connectivity index (χ1) is 10.9. The molecule has 0 spiro atoms. The van der Waals surface area contributed by atoms with E-state index in [9.17, 15) is 25.5 Å². The second kappa shape index (κ2) is 6.55. The van der Waals surface area contributed by atoms with Crippen LogP contribution in [0.1, 0.15) is 26.2 Å². The largest absolute Gasteiger partial charge is 0.396 e. The van der Waals surface area contributed by atoms with E-state index in [1.807, 2.05) is 0 Å². The molecule has 0 unspecified atom stereocenters. The van der Waals surface area contributed by atoms with E-state index in [0.29, 0.717) is 18.4 Å². The molecule has 0 amide bonds. The Morgan fingerprint density at radius 1 is 1.09 bits per heavy atom. The van der Waals surface area contributed by atoms with Crippen LogP contribution < -0.4 is 0 Å². The fourth-order valence-electron chi connectivity index (χ4n) is 4.65. The Kier molecular flexibility index (Phi) is 5.00. The zero-order chi connectivity index (χ0) is 16.8. The summed E-state index contributed by atoms with van der Waals surface area (Å²) in [4.78, 5) is 0. The van der Waals surface area contributed by atoms with Crippen molar-refractivity contribution in [1.82, 2.24) is 0 Å². The molecule has 0 aromatic rings. The highest BCUT2D eigenvalue weighted by atomic mass is 16.7. The number of fused-ring (bicyclic) bond motifs is 2. The predicted octanol–water partition coefficient (Wildman–Crippen LogP) is -1.15. The van der Waals surface area contributed by atoms with E-state index in [2.05, 4.69) is 6.92 Å². The van der Waals surface area contributed by atoms with Gasteiger partial charge in [0.25, 0.3) is 0 Å². The van der Waals surface area contributed by atoms with E-state index < -0.39 is 37.3 Å². The van der Waals surface area contributed by atoms with Gasteiger partial charge >= 0.3 is 0 Å². The van der Waals surface area contributed by atoms with Crippen molar-refractivity contribution in [2.45, 2.75) is 56.9 Å². The molecule has 0 aromatic heterocycles. The van der Waals surface area contributed by atoms with Crippen LogP contribution in [-0.4, -0.2) is 76.1 Å². The van der Waals surface area contributed by atoms with Crippen molar-refractivity contribution >= 4 is 0 Å². The van der Waals surface area contributed by atoms with E-state index in [1.165, 1.54) is 0 Å². The van der Waals surface area contributed by atoms with Crippen molar-refractivity contribution in [2.24, 2.45) is 23.2 Å². The highest BCUT2D eigenvalue weighted by Crippen LogP contribution is 2.61. The lowest BCUT2D eigenvalue weighted by Gasteiger charge is -2.61. The van der Waals surface area contributed by atoms with Crippen molar-refractivity contribution in [3.05, 3.63) is 0 Å². The lowest BCUT2D eigenvalue weighted by molar-refractivity contribution is -0.307. The van der Waals surface area contributed by atoms with E-state index in [-0.39, 0.29) is 17.9 Å². The Labute approximate surface area is 135 Å². The summed E-state index contributed by atoms with van der Waals surface area (Å²) in [5, 5.41) is 48.4. The maximum absolute atomic E-state index is 9.99. The molecule has 23 heavy (non-hydrogen) atoms. The van der Waals surface area contributed by atoms with Gasteiger partial charge in [-0.25, -0.2) is 0 Å². The van der Waals surface area contributed by atoms with Crippen molar-refractivity contribution in [3.8, 4) is 0 Å². The first-order valence-electron chi connectivity index (χ1n) is 8.45. The van der Waals surface area contributed by atoms with Crippen molar-refractivity contribution in [3.63, 3.8) is 0 Å². The minimum atomic E-state index is -1.41. The van der Waals surface area contributed by atoms with Gasteiger partial charge in [-0.2, -0.15) is 0 Å². The van der Waals surface area contributed by atoms with Gasteiger partial charge in [0.2, 0.25) is 0 Å². The third-order valence-electron chi connectivity index (χ3n) is 6.44. The highest BCUT2D eigenvalue weighted by Gasteiger charge is 2.57. The van der Waals surface area contributed by atoms with E-state index in [0.717, 1.165) is 19.3 Å². The number of aliphatic hydroxyl groups excluding tert-OH is 5. The smallest absolute Gasteiger partial charge is 0.186 e. The first-order valence-corrected chi connectivity index (χ1v) is 8.45. The zero-order valence-electron chi connectivity index (χ0n) is 13.4. The summed E-state index contributed by atoms with van der Waals surface area (Å²) in [5.41, 5.74) is -0.0400. The fraction of sp³-hybridized carbons (Fsp3) is 1.00. The van der Waals surface area contributed by atoms with E-state index >= 15 is 0 Å². The number of rotatable bonds is 5. The van der Waals surface area contributed by atoms with Crippen LogP contribution in [0.3, 0.4) is 0 Å². The molecule has 9 atom stereocenters. The molecule has 1 heterocycles. The predicted molar refractivity (Wildman–Crippen MR) is 79.2 cm³/mol. The van der Waals surface area contributed by atoms with Crippen LogP contribution in [0, 0.1) is 23.2 Å². The summed E-state index contributed by atoms with van der Waals surface area (Å²) in [6.45, 7) is 2.21. The van der Waals surface area contributed by atoms with E-state index in [4.69, 9.17) is 9.47 Å². The first kappa shape index (κ1) is 17.5. The summed E-state index contributed by atoms with van der Waals surface area (Å²) in [6, 6.07) is 0. The third-order valence-corrected chi connectivity index (χ3v) is 6.44. The van der Waals surface area contributed by atoms with Gasteiger partial charge in [-0.15, -0.1) is 0 Å². The van der Waals surface area contributed by atoms with Crippen molar-refractivity contribution in [2.75, 3.05) is 19.8 Å². The summed E-state index contributed by atoms with van der Waals surface area (Å²) >= 11 is 0. The van der Waals surface area contributed by atoms with Gasteiger partial charge in [-0.05, 0) is 42.4 Å². The minimum absolute atomic E-state index is 0.0400. The molecule has 2 bridgehead atoms. The lowest BCUT2D eigenvalue weighted by Crippen LogP contribution is -2.60. The minimum Gasteiger partial charge on any atom is -0.396 e. The second-order valence-corrected chi connectivity index (χ2v) is 7.57. The molecular formula is C16H28O7. The zero-order valence-corrected chi connectivity index (χ0v) is 13.4. The molecule has 134 valence electrons. The van der Waals surface area contributed by atoms with Crippen LogP contribution in [0.4, 0.5) is 0 Å². The second-order valence-electron chi connectivity index (χ2n) is 7.57. The number of ether oxygens (including phenoxy) is 2. The lowest BCUT2D eigenvalue weighted by atomic mass is 9.45. The summed E-state index contributed by atoms with van der Waals surface area (Å²) < 4.78 is 11.0. The maximum atomic E-state index is 9.99. The standard InChI is InChI=1S/C16H28O7/c1-16(7-18)9-3-2-8(10(16)4-9)6-22-15-14(21)13(20)12(19)11(5-17)23-15/h8-15,17-21H,2-7H2,1H3/t8-,9-,10-,11+,12+,13-,14+,15+,16+/m0/s1. The third kappa shape index (κ3) is 2.82. The summed E-state index contributed by atoms with van der Waals surface area (Å²) in [5.74, 6) is 1.27. The topological polar surface area (TPSA) is 120 Å². The molecule has 0 radical (unpaired) electrons. The Morgan fingerprint density at radius 3 is 2.43 bits per heavy atom. The van der Waals surface area contributed by atoms with Gasteiger partial charge < -0.3 is 35.0 Å².